The molecule has 0 aliphatic rings. The zero-order valence-electron chi connectivity index (χ0n) is 13.4. The summed E-state index contributed by atoms with van der Waals surface area (Å²) >= 11 is 6.10. The van der Waals surface area contributed by atoms with Gasteiger partial charge in [-0.15, -0.1) is 0 Å². The highest BCUT2D eigenvalue weighted by atomic mass is 35.5. The second kappa shape index (κ2) is 9.26. The highest BCUT2D eigenvalue weighted by Crippen LogP contribution is 2.24. The van der Waals surface area contributed by atoms with Crippen molar-refractivity contribution in [2.75, 3.05) is 38.8 Å². The topological polar surface area (TPSA) is 44.7 Å². The van der Waals surface area contributed by atoms with E-state index in [1.54, 1.807) is 7.11 Å². The van der Waals surface area contributed by atoms with Crippen molar-refractivity contribution in [3.63, 3.8) is 0 Å². The van der Waals surface area contributed by atoms with Gasteiger partial charge in [-0.1, -0.05) is 25.4 Å². The van der Waals surface area contributed by atoms with Crippen LogP contribution in [0.4, 0.5) is 5.69 Å². The third kappa shape index (κ3) is 6.66. The van der Waals surface area contributed by atoms with Gasteiger partial charge in [0.05, 0.1) is 12.7 Å². The lowest BCUT2D eigenvalue weighted by Crippen LogP contribution is -2.33. The predicted molar refractivity (Wildman–Crippen MR) is 89.1 cm³/mol. The van der Waals surface area contributed by atoms with Crippen molar-refractivity contribution in [2.24, 2.45) is 5.92 Å². The van der Waals surface area contributed by atoms with Crippen molar-refractivity contribution in [1.82, 2.24) is 5.32 Å². The molecule has 5 heteroatoms. The number of aliphatic hydroxyl groups is 1. The molecule has 0 aliphatic carbocycles. The lowest BCUT2D eigenvalue weighted by atomic mass is 10.1. The van der Waals surface area contributed by atoms with E-state index in [4.69, 9.17) is 16.3 Å². The molecule has 1 aromatic carbocycles. The molecule has 1 aromatic rings. The summed E-state index contributed by atoms with van der Waals surface area (Å²) in [5.41, 5.74) is 2.21. The molecule has 0 fully saturated rings. The summed E-state index contributed by atoms with van der Waals surface area (Å²) in [6, 6.07) is 5.85. The third-order valence-corrected chi connectivity index (χ3v) is 3.40. The number of likely N-dealkylation sites (N-methyl/N-ethyl adjacent to an activating group) is 1. The molecule has 1 rings (SSSR count). The average molecular weight is 315 g/mol. The molecule has 1 atom stereocenters. The first-order chi connectivity index (χ1) is 9.93. The summed E-state index contributed by atoms with van der Waals surface area (Å²) in [5.74, 6) is 0.605. The number of nitrogens with one attached hydrogen (secondary N) is 1. The Labute approximate surface area is 133 Å². The third-order valence-electron chi connectivity index (χ3n) is 3.16. The van der Waals surface area contributed by atoms with E-state index in [1.165, 1.54) is 0 Å². The van der Waals surface area contributed by atoms with Crippen LogP contribution in [0.3, 0.4) is 0 Å². The van der Waals surface area contributed by atoms with Crippen LogP contribution in [0, 0.1) is 5.92 Å². The SMILES string of the molecule is COCC(O)CN(C)c1ccc(Cl)cc1CNCC(C)C. The number of anilines is 1. The Morgan fingerprint density at radius 1 is 1.38 bits per heavy atom. The van der Waals surface area contributed by atoms with E-state index >= 15 is 0 Å². The number of rotatable bonds is 9. The van der Waals surface area contributed by atoms with E-state index in [1.807, 2.05) is 30.1 Å². The molecule has 0 aromatic heterocycles. The molecule has 0 bridgehead atoms. The van der Waals surface area contributed by atoms with Gasteiger partial charge >= 0.3 is 0 Å². The monoisotopic (exact) mass is 314 g/mol. The molecule has 0 radical (unpaired) electrons. The molecule has 4 nitrogen and oxygen atoms in total. The number of halogens is 1. The van der Waals surface area contributed by atoms with E-state index in [2.05, 4.69) is 19.2 Å². The standard InChI is InChI=1S/C16H27ClN2O2/c1-12(2)8-18-9-13-7-14(17)5-6-16(13)19(3)10-15(20)11-21-4/h5-7,12,15,18,20H,8-11H2,1-4H3. The first kappa shape index (κ1) is 18.2. The Morgan fingerprint density at radius 2 is 2.10 bits per heavy atom. The van der Waals surface area contributed by atoms with Crippen molar-refractivity contribution in [2.45, 2.75) is 26.5 Å². The van der Waals surface area contributed by atoms with E-state index in [0.717, 1.165) is 29.4 Å². The summed E-state index contributed by atoms with van der Waals surface area (Å²) in [6.07, 6.45) is -0.507. The molecule has 120 valence electrons. The van der Waals surface area contributed by atoms with E-state index < -0.39 is 6.10 Å². The summed E-state index contributed by atoms with van der Waals surface area (Å²) in [7, 11) is 3.56. The lowest BCUT2D eigenvalue weighted by Gasteiger charge is -2.25. The number of hydrogen-bond donors (Lipinski definition) is 2. The van der Waals surface area contributed by atoms with Crippen LogP contribution in [0.15, 0.2) is 18.2 Å². The minimum Gasteiger partial charge on any atom is -0.389 e. The van der Waals surface area contributed by atoms with Gasteiger partial charge in [-0.25, -0.2) is 0 Å². The highest BCUT2D eigenvalue weighted by molar-refractivity contribution is 6.30. The molecule has 21 heavy (non-hydrogen) atoms. The Kier molecular flexibility index (Phi) is 8.04. The molecule has 2 N–H and O–H groups in total. The largest absolute Gasteiger partial charge is 0.389 e. The molecule has 0 heterocycles. The number of nitrogens with zero attached hydrogens (tertiary/aromatic N) is 1. The van der Waals surface area contributed by atoms with Gasteiger partial charge < -0.3 is 20.1 Å². The highest BCUT2D eigenvalue weighted by Gasteiger charge is 2.12. The fourth-order valence-corrected chi connectivity index (χ4v) is 2.42. The van der Waals surface area contributed by atoms with Gasteiger partial charge in [-0.2, -0.15) is 0 Å². The van der Waals surface area contributed by atoms with Crippen molar-refractivity contribution >= 4 is 17.3 Å². The maximum atomic E-state index is 9.87. The summed E-state index contributed by atoms with van der Waals surface area (Å²) in [5, 5.41) is 14.0. The minimum atomic E-state index is -0.507. The first-order valence-corrected chi connectivity index (χ1v) is 7.69. The zero-order valence-corrected chi connectivity index (χ0v) is 14.2. The van der Waals surface area contributed by atoms with Gasteiger partial charge in [0.25, 0.3) is 0 Å². The van der Waals surface area contributed by atoms with Crippen LogP contribution in [-0.4, -0.2) is 45.1 Å². The molecule has 0 aliphatic heterocycles. The summed E-state index contributed by atoms with van der Waals surface area (Å²) in [6.45, 7) is 6.94. The summed E-state index contributed by atoms with van der Waals surface area (Å²) < 4.78 is 4.97. The number of hydrogen-bond acceptors (Lipinski definition) is 4. The van der Waals surface area contributed by atoms with Crippen LogP contribution >= 0.6 is 11.6 Å². The van der Waals surface area contributed by atoms with Crippen molar-refractivity contribution in [3.8, 4) is 0 Å². The van der Waals surface area contributed by atoms with Gasteiger partial charge in [0.15, 0.2) is 0 Å². The fourth-order valence-electron chi connectivity index (χ4n) is 2.22. The van der Waals surface area contributed by atoms with Crippen molar-refractivity contribution in [3.05, 3.63) is 28.8 Å². The number of benzene rings is 1. The quantitative estimate of drug-likeness (QED) is 0.735. The lowest BCUT2D eigenvalue weighted by molar-refractivity contribution is 0.0695. The van der Waals surface area contributed by atoms with Gasteiger partial charge in [0.1, 0.15) is 0 Å². The molecular formula is C16H27ClN2O2. The smallest absolute Gasteiger partial charge is 0.0947 e. The maximum Gasteiger partial charge on any atom is 0.0947 e. The predicted octanol–water partition coefficient (Wildman–Crippen LogP) is 2.53. The van der Waals surface area contributed by atoms with Gasteiger partial charge in [-0.3, -0.25) is 0 Å². The molecule has 0 amide bonds. The number of ether oxygens (including phenoxy) is 1. The minimum absolute atomic E-state index is 0.332. The molecule has 0 saturated heterocycles. The van der Waals surface area contributed by atoms with Crippen molar-refractivity contribution < 1.29 is 9.84 Å². The first-order valence-electron chi connectivity index (χ1n) is 7.31. The Balaban J connectivity index is 2.75. The van der Waals surface area contributed by atoms with Crippen LogP contribution in [0.2, 0.25) is 5.02 Å². The van der Waals surface area contributed by atoms with E-state index in [9.17, 15) is 5.11 Å². The van der Waals surface area contributed by atoms with Crippen molar-refractivity contribution in [1.29, 1.82) is 0 Å². The van der Waals surface area contributed by atoms with Gasteiger partial charge in [-0.05, 0) is 36.2 Å². The molecule has 0 saturated carbocycles. The molecular weight excluding hydrogens is 288 g/mol. The fraction of sp³-hybridized carbons (Fsp3) is 0.625. The van der Waals surface area contributed by atoms with Gasteiger partial charge in [0.2, 0.25) is 0 Å². The van der Waals surface area contributed by atoms with Gasteiger partial charge in [0, 0.05) is 38.0 Å². The molecule has 1 unspecified atom stereocenters. The second-order valence-corrected chi connectivity index (χ2v) is 6.22. The van der Waals surface area contributed by atoms with Crippen LogP contribution in [0.1, 0.15) is 19.4 Å². The van der Waals surface area contributed by atoms with Crippen LogP contribution < -0.4 is 10.2 Å². The van der Waals surface area contributed by atoms with Crippen LogP contribution in [0.5, 0.6) is 0 Å². The molecule has 0 spiro atoms. The maximum absolute atomic E-state index is 9.87. The number of aliphatic hydroxyl groups excluding tert-OH is 1. The zero-order chi connectivity index (χ0) is 15.8. The average Bonchev–Trinajstić information content (AvgIpc) is 2.38. The normalized spacial score (nSPS) is 12.7. The second-order valence-electron chi connectivity index (χ2n) is 5.79. The van der Waals surface area contributed by atoms with E-state index in [-0.39, 0.29) is 0 Å². The van der Waals surface area contributed by atoms with Crippen LogP contribution in [0.25, 0.3) is 0 Å². The number of methoxy groups -OCH3 is 1. The van der Waals surface area contributed by atoms with Crippen LogP contribution in [-0.2, 0) is 11.3 Å². The Morgan fingerprint density at radius 3 is 2.71 bits per heavy atom. The van der Waals surface area contributed by atoms with E-state index in [0.29, 0.717) is 19.1 Å². The summed E-state index contributed by atoms with van der Waals surface area (Å²) in [4.78, 5) is 2.03. The Bertz CT molecular complexity index is 427. The Hall–Kier alpha value is -0.810.